The van der Waals surface area contributed by atoms with Crippen LogP contribution in [-0.2, 0) is 24.9 Å². The normalized spacial score (nSPS) is 14.4. The number of rotatable bonds is 9. The van der Waals surface area contributed by atoms with Gasteiger partial charge >= 0.3 is 5.69 Å². The topological polar surface area (TPSA) is 98.4 Å². The minimum absolute atomic E-state index is 0.0313. The maximum atomic E-state index is 13.9. The van der Waals surface area contributed by atoms with Crippen molar-refractivity contribution in [1.82, 2.24) is 39.6 Å². The van der Waals surface area contributed by atoms with Gasteiger partial charge in [-0.1, -0.05) is 57.5 Å². The Hall–Kier alpha value is -4.14. The second kappa shape index (κ2) is 9.85. The Morgan fingerprint density at radius 2 is 1.94 bits per heavy atom. The molecule has 2 N–H and O–H groups in total. The second-order valence-electron chi connectivity index (χ2n) is 9.71. The van der Waals surface area contributed by atoms with E-state index in [0.29, 0.717) is 18.3 Å². The number of tetrazole rings is 1. The van der Waals surface area contributed by atoms with E-state index in [4.69, 9.17) is 0 Å². The maximum Gasteiger partial charge on any atom is 0.334 e. The number of benzene rings is 1. The number of aryl methyl sites for hydroxylation is 1. The van der Waals surface area contributed by atoms with Crippen molar-refractivity contribution < 1.29 is 0 Å². The third-order valence-electron chi connectivity index (χ3n) is 6.56. The van der Waals surface area contributed by atoms with Crippen LogP contribution in [-0.4, -0.2) is 34.3 Å². The summed E-state index contributed by atoms with van der Waals surface area (Å²) in [4.78, 5) is 13.9. The molecular weight excluding hydrogens is 452 g/mol. The molecule has 9 nitrogen and oxygen atoms in total. The number of aromatic nitrogens is 7. The lowest BCUT2D eigenvalue weighted by Gasteiger charge is -2.31. The van der Waals surface area contributed by atoms with Gasteiger partial charge in [-0.05, 0) is 53.7 Å². The van der Waals surface area contributed by atoms with Crippen molar-refractivity contribution in [3.63, 3.8) is 0 Å². The van der Waals surface area contributed by atoms with Crippen LogP contribution in [0.3, 0.4) is 0 Å². The summed E-state index contributed by atoms with van der Waals surface area (Å²) in [6.45, 7) is 7.84. The molecule has 0 bridgehead atoms. The van der Waals surface area contributed by atoms with Crippen LogP contribution in [0.5, 0.6) is 0 Å². The van der Waals surface area contributed by atoms with Crippen molar-refractivity contribution in [3.8, 4) is 17.2 Å². The Labute approximate surface area is 210 Å². The summed E-state index contributed by atoms with van der Waals surface area (Å²) in [6.07, 6.45) is 13.9. The molecule has 0 aliphatic carbocycles. The molecule has 0 saturated heterocycles. The van der Waals surface area contributed by atoms with Crippen molar-refractivity contribution in [2.75, 3.05) is 0 Å². The molecule has 5 rings (SSSR count). The summed E-state index contributed by atoms with van der Waals surface area (Å²) in [5.41, 5.74) is 2.38. The van der Waals surface area contributed by atoms with Crippen LogP contribution in [0, 0.1) is 5.92 Å². The first-order valence-corrected chi connectivity index (χ1v) is 12.4. The summed E-state index contributed by atoms with van der Waals surface area (Å²) in [5, 5.41) is 17.6. The molecule has 36 heavy (non-hydrogen) atoms. The minimum Gasteiger partial charge on any atom is -0.368 e. The highest BCUT2D eigenvalue weighted by molar-refractivity contribution is 5.57. The first kappa shape index (κ1) is 23.6. The first-order valence-electron chi connectivity index (χ1n) is 12.4. The fraction of sp³-hybridized carbons (Fsp3) is 0.333. The number of dihydropyridines is 1. The standard InChI is InChI=1S/C27H32N8O/c1-4-7-23-18-34(24-10-6-15-33(24)17-20(2)3)26(36)35(23)19-27(11-13-28-14-12-27)22-9-5-8-21(16-22)25-29-31-32-30-25/h5-6,8-16,18,20,28H,4,7,17,19H2,1-3H3,(H,29,30,31,32). The minimum atomic E-state index is -0.524. The molecule has 4 heterocycles. The number of nitrogens with one attached hydrogen (secondary N) is 2. The van der Waals surface area contributed by atoms with Gasteiger partial charge in [0.05, 0.1) is 5.41 Å². The lowest BCUT2D eigenvalue weighted by atomic mass is 9.78. The van der Waals surface area contributed by atoms with Crippen molar-refractivity contribution in [2.45, 2.75) is 52.1 Å². The Balaban J connectivity index is 1.60. The second-order valence-corrected chi connectivity index (χ2v) is 9.71. The number of hydrogen-bond acceptors (Lipinski definition) is 5. The molecule has 0 saturated carbocycles. The highest BCUT2D eigenvalue weighted by Gasteiger charge is 2.31. The Bertz CT molecular complexity index is 1420. The zero-order valence-corrected chi connectivity index (χ0v) is 20.9. The summed E-state index contributed by atoms with van der Waals surface area (Å²) in [5.74, 6) is 1.91. The van der Waals surface area contributed by atoms with Crippen LogP contribution >= 0.6 is 0 Å². The highest BCUT2D eigenvalue weighted by Crippen LogP contribution is 2.33. The first-order chi connectivity index (χ1) is 17.5. The fourth-order valence-electron chi connectivity index (χ4n) is 4.87. The van der Waals surface area contributed by atoms with E-state index in [0.717, 1.165) is 42.0 Å². The smallest absolute Gasteiger partial charge is 0.334 e. The van der Waals surface area contributed by atoms with Gasteiger partial charge in [0.15, 0.2) is 0 Å². The summed E-state index contributed by atoms with van der Waals surface area (Å²) < 4.78 is 5.88. The molecule has 1 aliphatic rings. The van der Waals surface area contributed by atoms with Crippen LogP contribution in [0.1, 0.15) is 38.4 Å². The Kier molecular flexibility index (Phi) is 6.45. The number of H-pyrrole nitrogens is 1. The van der Waals surface area contributed by atoms with E-state index < -0.39 is 5.41 Å². The zero-order chi connectivity index (χ0) is 25.1. The third kappa shape index (κ3) is 4.44. The number of allylic oxidation sites excluding steroid dienone is 2. The van der Waals surface area contributed by atoms with Crippen molar-refractivity contribution in [3.05, 3.63) is 95.1 Å². The molecule has 0 spiro atoms. The van der Waals surface area contributed by atoms with Crippen molar-refractivity contribution in [1.29, 1.82) is 0 Å². The summed E-state index contributed by atoms with van der Waals surface area (Å²) in [6, 6.07) is 12.1. The van der Waals surface area contributed by atoms with Crippen molar-refractivity contribution >= 4 is 0 Å². The number of nitrogens with zero attached hydrogens (tertiary/aromatic N) is 6. The molecular formula is C27H32N8O. The average molecular weight is 485 g/mol. The van der Waals surface area contributed by atoms with Gasteiger partial charge in [0.25, 0.3) is 0 Å². The monoisotopic (exact) mass is 484 g/mol. The van der Waals surface area contributed by atoms with Crippen LogP contribution < -0.4 is 11.0 Å². The molecule has 0 unspecified atom stereocenters. The Morgan fingerprint density at radius 1 is 1.11 bits per heavy atom. The number of imidazole rings is 1. The molecule has 0 radical (unpaired) electrons. The molecule has 9 heteroatoms. The van der Waals surface area contributed by atoms with E-state index >= 15 is 0 Å². The maximum absolute atomic E-state index is 13.9. The van der Waals surface area contributed by atoms with Gasteiger partial charge in [-0.25, -0.2) is 4.79 Å². The van der Waals surface area contributed by atoms with Crippen LogP contribution in [0.4, 0.5) is 0 Å². The molecule has 1 aromatic carbocycles. The Morgan fingerprint density at radius 3 is 2.67 bits per heavy atom. The summed E-state index contributed by atoms with van der Waals surface area (Å²) in [7, 11) is 0. The quantitative estimate of drug-likeness (QED) is 0.377. The van der Waals surface area contributed by atoms with E-state index in [1.807, 2.05) is 53.6 Å². The van der Waals surface area contributed by atoms with E-state index in [9.17, 15) is 4.79 Å². The van der Waals surface area contributed by atoms with E-state index in [1.54, 1.807) is 4.57 Å². The van der Waals surface area contributed by atoms with Gasteiger partial charge < -0.3 is 9.88 Å². The molecule has 0 amide bonds. The molecule has 3 aromatic heterocycles. The highest BCUT2D eigenvalue weighted by atomic mass is 16.1. The third-order valence-corrected chi connectivity index (χ3v) is 6.56. The molecule has 0 atom stereocenters. The van der Waals surface area contributed by atoms with E-state index in [2.05, 4.69) is 75.6 Å². The number of aromatic amines is 1. The zero-order valence-electron chi connectivity index (χ0n) is 20.9. The fourth-order valence-corrected chi connectivity index (χ4v) is 4.87. The van der Waals surface area contributed by atoms with Gasteiger partial charge in [0.1, 0.15) is 5.82 Å². The van der Waals surface area contributed by atoms with E-state index in [-0.39, 0.29) is 5.69 Å². The van der Waals surface area contributed by atoms with Crippen LogP contribution in [0.25, 0.3) is 17.2 Å². The lowest BCUT2D eigenvalue weighted by Crippen LogP contribution is -2.36. The average Bonchev–Trinajstić information content (AvgIpc) is 3.63. The number of hydrogen-bond donors (Lipinski definition) is 2. The van der Waals surface area contributed by atoms with Gasteiger partial charge in [0, 0.05) is 36.7 Å². The predicted octanol–water partition coefficient (Wildman–Crippen LogP) is 3.80. The summed E-state index contributed by atoms with van der Waals surface area (Å²) >= 11 is 0. The lowest BCUT2D eigenvalue weighted by molar-refractivity contribution is 0.493. The van der Waals surface area contributed by atoms with Gasteiger partial charge in [-0.2, -0.15) is 5.21 Å². The molecule has 4 aromatic rings. The van der Waals surface area contributed by atoms with Gasteiger partial charge in [0.2, 0.25) is 5.82 Å². The van der Waals surface area contributed by atoms with Crippen molar-refractivity contribution in [2.24, 2.45) is 5.92 Å². The van der Waals surface area contributed by atoms with Gasteiger partial charge in [-0.3, -0.25) is 9.13 Å². The van der Waals surface area contributed by atoms with Gasteiger partial charge in [-0.15, -0.1) is 10.2 Å². The van der Waals surface area contributed by atoms with E-state index in [1.165, 1.54) is 0 Å². The molecule has 186 valence electrons. The largest absolute Gasteiger partial charge is 0.368 e. The SMILES string of the molecule is CCCc1cn(-c2cccn2CC(C)C)c(=O)n1CC1(c2cccc(-c3nn[nH]n3)c2)C=CNC=C1. The molecule has 0 fully saturated rings. The molecule has 1 aliphatic heterocycles. The predicted molar refractivity (Wildman–Crippen MR) is 140 cm³/mol. The van der Waals surface area contributed by atoms with Crippen LogP contribution in [0.2, 0.25) is 0 Å². The van der Waals surface area contributed by atoms with Crippen LogP contribution in [0.15, 0.2) is 78.1 Å².